The van der Waals surface area contributed by atoms with Gasteiger partial charge in [0.05, 0.1) is 17.0 Å². The van der Waals surface area contributed by atoms with Crippen molar-refractivity contribution in [1.82, 2.24) is 4.90 Å². The van der Waals surface area contributed by atoms with Crippen LogP contribution in [0.1, 0.15) is 36.0 Å². The molecule has 0 bridgehead atoms. The van der Waals surface area contributed by atoms with Crippen LogP contribution in [0.5, 0.6) is 5.75 Å². The van der Waals surface area contributed by atoms with Crippen molar-refractivity contribution in [2.45, 2.75) is 31.1 Å². The predicted molar refractivity (Wildman–Crippen MR) is 125 cm³/mol. The van der Waals surface area contributed by atoms with Gasteiger partial charge in [0.25, 0.3) is 0 Å². The SMILES string of the molecule is C=C1CCc2cc(OCCN3CCC4(CC3)C(=O)Nc3ccc(C#N)cc34)ccc2N1C. The van der Waals surface area contributed by atoms with Crippen LogP contribution < -0.4 is 15.0 Å². The van der Waals surface area contributed by atoms with Crippen LogP contribution in [0.25, 0.3) is 0 Å². The van der Waals surface area contributed by atoms with E-state index in [1.165, 1.54) is 11.3 Å². The zero-order chi connectivity index (χ0) is 22.3. The average molecular weight is 429 g/mol. The van der Waals surface area contributed by atoms with Crippen LogP contribution in [-0.2, 0) is 16.6 Å². The molecular formula is C26H28N4O2. The summed E-state index contributed by atoms with van der Waals surface area (Å²) < 4.78 is 6.06. The maximum absolute atomic E-state index is 12.8. The molecule has 0 atom stereocenters. The van der Waals surface area contributed by atoms with Crippen molar-refractivity contribution in [1.29, 1.82) is 5.26 Å². The van der Waals surface area contributed by atoms with E-state index in [1.54, 1.807) is 6.07 Å². The quantitative estimate of drug-likeness (QED) is 0.802. The number of carbonyl (C=O) groups excluding carboxylic acids is 1. The number of hydrogen-bond donors (Lipinski definition) is 1. The molecule has 0 radical (unpaired) electrons. The molecule has 1 amide bonds. The Morgan fingerprint density at radius 1 is 1.19 bits per heavy atom. The fourth-order valence-electron chi connectivity index (χ4n) is 5.23. The highest BCUT2D eigenvalue weighted by Gasteiger charge is 2.48. The van der Waals surface area contributed by atoms with E-state index >= 15 is 0 Å². The van der Waals surface area contributed by atoms with Crippen molar-refractivity contribution >= 4 is 17.3 Å². The van der Waals surface area contributed by atoms with Crippen LogP contribution >= 0.6 is 0 Å². The fraction of sp³-hybridized carbons (Fsp3) is 0.385. The topological polar surface area (TPSA) is 68.6 Å². The van der Waals surface area contributed by atoms with Crippen molar-refractivity contribution < 1.29 is 9.53 Å². The molecule has 3 heterocycles. The third-order valence-electron chi connectivity index (χ3n) is 7.30. The van der Waals surface area contributed by atoms with Crippen LogP contribution in [0.3, 0.4) is 0 Å². The lowest BCUT2D eigenvalue weighted by atomic mass is 9.73. The number of rotatable bonds is 4. The number of hydrogen-bond acceptors (Lipinski definition) is 5. The summed E-state index contributed by atoms with van der Waals surface area (Å²) in [6, 6.07) is 14.0. The summed E-state index contributed by atoms with van der Waals surface area (Å²) in [5, 5.41) is 12.3. The molecule has 2 aromatic carbocycles. The third-order valence-corrected chi connectivity index (χ3v) is 7.30. The standard InChI is InChI=1S/C26H28N4O2/c1-18-3-5-20-16-21(6-8-24(20)29(18)2)32-14-13-30-11-9-26(10-12-30)22-15-19(17-27)4-7-23(22)28-25(26)31/h4,6-8,15-16H,1,3,5,9-14H2,2H3,(H,28,31). The van der Waals surface area contributed by atoms with Gasteiger partial charge in [0.15, 0.2) is 0 Å². The van der Waals surface area contributed by atoms with Gasteiger partial charge in [-0.3, -0.25) is 9.69 Å². The number of fused-ring (bicyclic) bond motifs is 3. The van der Waals surface area contributed by atoms with E-state index in [-0.39, 0.29) is 5.91 Å². The van der Waals surface area contributed by atoms with Gasteiger partial charge in [0.1, 0.15) is 12.4 Å². The number of anilines is 2. The third kappa shape index (κ3) is 3.43. The lowest BCUT2D eigenvalue weighted by molar-refractivity contribution is -0.122. The average Bonchev–Trinajstić information content (AvgIpc) is 3.08. The number of nitrogens with one attached hydrogen (secondary N) is 1. The maximum Gasteiger partial charge on any atom is 0.235 e. The van der Waals surface area contributed by atoms with Gasteiger partial charge in [0, 0.05) is 30.7 Å². The van der Waals surface area contributed by atoms with Crippen molar-refractivity contribution in [3.05, 3.63) is 65.4 Å². The minimum atomic E-state index is -0.506. The molecule has 3 aliphatic heterocycles. The number of nitriles is 1. The Morgan fingerprint density at radius 3 is 2.78 bits per heavy atom. The molecule has 6 heteroatoms. The number of benzene rings is 2. The van der Waals surface area contributed by atoms with Crippen LogP contribution in [-0.4, -0.2) is 44.1 Å². The normalized spacial score (nSPS) is 19.3. The summed E-state index contributed by atoms with van der Waals surface area (Å²) in [5.74, 6) is 0.978. The second-order valence-corrected chi connectivity index (χ2v) is 9.01. The second kappa shape index (κ2) is 7.99. The summed E-state index contributed by atoms with van der Waals surface area (Å²) >= 11 is 0. The van der Waals surface area contributed by atoms with Gasteiger partial charge in [0.2, 0.25) is 5.91 Å². The molecule has 1 N–H and O–H groups in total. The molecule has 5 rings (SSSR count). The van der Waals surface area contributed by atoms with E-state index < -0.39 is 5.41 Å². The Hall–Kier alpha value is -3.30. The number of amides is 1. The van der Waals surface area contributed by atoms with Gasteiger partial charge in [-0.2, -0.15) is 5.26 Å². The fourth-order valence-corrected chi connectivity index (χ4v) is 5.23. The summed E-state index contributed by atoms with van der Waals surface area (Å²) in [6.45, 7) is 7.25. The van der Waals surface area contributed by atoms with Crippen LogP contribution in [0, 0.1) is 11.3 Å². The van der Waals surface area contributed by atoms with Gasteiger partial charge in [-0.1, -0.05) is 6.58 Å². The minimum absolute atomic E-state index is 0.0696. The van der Waals surface area contributed by atoms with Crippen LogP contribution in [0.2, 0.25) is 0 Å². The minimum Gasteiger partial charge on any atom is -0.492 e. The summed E-state index contributed by atoms with van der Waals surface area (Å²) in [4.78, 5) is 17.3. The molecule has 0 aromatic heterocycles. The first kappa shape index (κ1) is 20.6. The van der Waals surface area contributed by atoms with Gasteiger partial charge < -0.3 is 15.0 Å². The smallest absolute Gasteiger partial charge is 0.235 e. The van der Waals surface area contributed by atoms with Crippen LogP contribution in [0.15, 0.2) is 48.7 Å². The molecule has 3 aliphatic rings. The molecule has 2 aromatic rings. The lowest BCUT2D eigenvalue weighted by Crippen LogP contribution is -2.47. The Morgan fingerprint density at radius 2 is 2.00 bits per heavy atom. The first-order valence-electron chi connectivity index (χ1n) is 11.3. The number of allylic oxidation sites excluding steroid dienone is 1. The second-order valence-electron chi connectivity index (χ2n) is 9.01. The summed E-state index contributed by atoms with van der Waals surface area (Å²) in [6.07, 6.45) is 3.50. The predicted octanol–water partition coefficient (Wildman–Crippen LogP) is 3.82. The lowest BCUT2D eigenvalue weighted by Gasteiger charge is -2.38. The number of aryl methyl sites for hydroxylation is 1. The first-order valence-corrected chi connectivity index (χ1v) is 11.3. The Kier molecular flexibility index (Phi) is 5.15. The maximum atomic E-state index is 12.8. The highest BCUT2D eigenvalue weighted by Crippen LogP contribution is 2.45. The number of ether oxygens (including phenoxy) is 1. The largest absolute Gasteiger partial charge is 0.492 e. The number of carbonyl (C=O) groups is 1. The van der Waals surface area contributed by atoms with E-state index in [2.05, 4.69) is 46.9 Å². The molecule has 0 saturated carbocycles. The Bertz CT molecular complexity index is 1130. The van der Waals surface area contributed by atoms with Crippen molar-refractivity contribution in [2.75, 3.05) is 43.5 Å². The van der Waals surface area contributed by atoms with Crippen molar-refractivity contribution in [2.24, 2.45) is 0 Å². The van der Waals surface area contributed by atoms with E-state index in [9.17, 15) is 10.1 Å². The van der Waals surface area contributed by atoms with E-state index in [0.717, 1.165) is 68.0 Å². The molecule has 1 fully saturated rings. The number of piperidine rings is 1. The molecule has 6 nitrogen and oxygen atoms in total. The highest BCUT2D eigenvalue weighted by molar-refractivity contribution is 6.06. The first-order chi connectivity index (χ1) is 15.5. The van der Waals surface area contributed by atoms with Gasteiger partial charge in [-0.15, -0.1) is 0 Å². The van der Waals surface area contributed by atoms with Crippen molar-refractivity contribution in [3.8, 4) is 11.8 Å². The monoisotopic (exact) mass is 428 g/mol. The van der Waals surface area contributed by atoms with Gasteiger partial charge in [-0.05, 0) is 86.3 Å². The van der Waals surface area contributed by atoms with E-state index in [1.807, 2.05) is 18.2 Å². The Labute approximate surface area is 189 Å². The number of nitrogens with zero attached hydrogens (tertiary/aromatic N) is 3. The summed E-state index contributed by atoms with van der Waals surface area (Å²) in [7, 11) is 2.06. The van der Waals surface area contributed by atoms with Crippen LogP contribution in [0.4, 0.5) is 11.4 Å². The highest BCUT2D eigenvalue weighted by atomic mass is 16.5. The van der Waals surface area contributed by atoms with E-state index in [0.29, 0.717) is 12.2 Å². The van der Waals surface area contributed by atoms with Gasteiger partial charge >= 0.3 is 0 Å². The molecule has 164 valence electrons. The molecule has 0 aliphatic carbocycles. The van der Waals surface area contributed by atoms with Crippen molar-refractivity contribution in [3.63, 3.8) is 0 Å². The zero-order valence-electron chi connectivity index (χ0n) is 18.5. The summed E-state index contributed by atoms with van der Waals surface area (Å²) in [5.41, 5.74) is 5.61. The van der Waals surface area contributed by atoms with Gasteiger partial charge in [-0.25, -0.2) is 0 Å². The molecule has 32 heavy (non-hydrogen) atoms. The molecular weight excluding hydrogens is 400 g/mol. The molecule has 1 saturated heterocycles. The number of likely N-dealkylation sites (tertiary alicyclic amines) is 1. The molecule has 1 spiro atoms. The Balaban J connectivity index is 1.18. The van der Waals surface area contributed by atoms with E-state index in [4.69, 9.17) is 4.74 Å². The molecule has 0 unspecified atom stereocenters. The zero-order valence-corrected chi connectivity index (χ0v) is 18.5.